The molecule has 0 atom stereocenters. The average molecular weight is 396 g/mol. The summed E-state index contributed by atoms with van der Waals surface area (Å²) in [6, 6.07) is 11.6. The van der Waals surface area contributed by atoms with Crippen molar-refractivity contribution in [1.82, 2.24) is 5.32 Å². The van der Waals surface area contributed by atoms with Crippen LogP contribution in [-0.2, 0) is 11.2 Å². The van der Waals surface area contributed by atoms with Crippen molar-refractivity contribution in [2.75, 3.05) is 26.9 Å². The molecule has 0 saturated carbocycles. The predicted octanol–water partition coefficient (Wildman–Crippen LogP) is 3.65. The van der Waals surface area contributed by atoms with Gasteiger partial charge in [0.15, 0.2) is 0 Å². The molecule has 6 heteroatoms. The molecule has 0 aliphatic heterocycles. The third-order valence-electron chi connectivity index (χ3n) is 4.69. The van der Waals surface area contributed by atoms with E-state index in [0.717, 1.165) is 22.4 Å². The summed E-state index contributed by atoms with van der Waals surface area (Å²) < 4.78 is 17.2. The van der Waals surface area contributed by atoms with E-state index >= 15 is 0 Å². The van der Waals surface area contributed by atoms with Crippen molar-refractivity contribution >= 4 is 5.91 Å². The van der Waals surface area contributed by atoms with E-state index in [4.69, 9.17) is 19.5 Å². The summed E-state index contributed by atoms with van der Waals surface area (Å²) in [4.78, 5) is 11.4. The predicted molar refractivity (Wildman–Crippen MR) is 112 cm³/mol. The maximum atomic E-state index is 11.4. The smallest absolute Gasteiger partial charge is 0.234 e. The van der Waals surface area contributed by atoms with Crippen LogP contribution >= 0.6 is 0 Å². The van der Waals surface area contributed by atoms with Crippen LogP contribution in [0.5, 0.6) is 17.2 Å². The summed E-state index contributed by atoms with van der Waals surface area (Å²) >= 11 is 0. The zero-order valence-electron chi connectivity index (χ0n) is 17.5. The Morgan fingerprint density at radius 1 is 1.07 bits per heavy atom. The molecule has 1 amide bonds. The number of nitrogens with zero attached hydrogens (tertiary/aromatic N) is 1. The van der Waals surface area contributed by atoms with Crippen LogP contribution in [-0.4, -0.2) is 32.8 Å². The van der Waals surface area contributed by atoms with E-state index in [2.05, 4.69) is 31.3 Å². The number of nitriles is 1. The number of carbonyl (C=O) groups is 1. The Morgan fingerprint density at radius 3 is 2.52 bits per heavy atom. The zero-order chi connectivity index (χ0) is 21.2. The largest absolute Gasteiger partial charge is 0.497 e. The monoisotopic (exact) mass is 396 g/mol. The number of amides is 1. The molecular formula is C23H28N2O4. The molecule has 0 aliphatic rings. The Hall–Kier alpha value is -3.20. The topological polar surface area (TPSA) is 80.6 Å². The van der Waals surface area contributed by atoms with Crippen LogP contribution in [0.25, 0.3) is 0 Å². The molecule has 0 aliphatic carbocycles. The summed E-state index contributed by atoms with van der Waals surface area (Å²) in [7, 11) is 1.60. The highest BCUT2D eigenvalue weighted by Crippen LogP contribution is 2.27. The first-order valence-corrected chi connectivity index (χ1v) is 9.59. The number of nitrogens with one attached hydrogen (secondary N) is 1. The molecule has 0 saturated heterocycles. The van der Waals surface area contributed by atoms with Gasteiger partial charge < -0.3 is 19.5 Å². The van der Waals surface area contributed by atoms with Gasteiger partial charge in [0.05, 0.1) is 13.2 Å². The fraction of sp³-hybridized carbons (Fsp3) is 0.391. The fourth-order valence-corrected chi connectivity index (χ4v) is 2.92. The van der Waals surface area contributed by atoms with Crippen LogP contribution in [0.1, 0.15) is 28.7 Å². The Morgan fingerprint density at radius 2 is 1.79 bits per heavy atom. The quantitative estimate of drug-likeness (QED) is 0.620. The van der Waals surface area contributed by atoms with Crippen molar-refractivity contribution in [3.8, 4) is 23.3 Å². The molecule has 0 radical (unpaired) electrons. The first-order valence-electron chi connectivity index (χ1n) is 9.59. The summed E-state index contributed by atoms with van der Waals surface area (Å²) in [5.41, 5.74) is 4.38. The maximum Gasteiger partial charge on any atom is 0.234 e. The van der Waals surface area contributed by atoms with Crippen molar-refractivity contribution in [3.05, 3.63) is 52.6 Å². The molecule has 2 aromatic rings. The van der Waals surface area contributed by atoms with Gasteiger partial charge in [-0.25, -0.2) is 0 Å². The molecule has 1 N–H and O–H groups in total. The second kappa shape index (κ2) is 11.0. The minimum Gasteiger partial charge on any atom is -0.497 e. The van der Waals surface area contributed by atoms with Crippen LogP contribution in [0.15, 0.2) is 30.3 Å². The Kier molecular flexibility index (Phi) is 8.35. The highest BCUT2D eigenvalue weighted by molar-refractivity contribution is 5.77. The first kappa shape index (κ1) is 22.1. The Balaban J connectivity index is 1.96. The molecule has 0 aromatic heterocycles. The normalized spacial score (nSPS) is 10.2. The highest BCUT2D eigenvalue weighted by atomic mass is 16.5. The summed E-state index contributed by atoms with van der Waals surface area (Å²) in [6.07, 6.45) is 0.453. The minimum atomic E-state index is -0.277. The molecule has 29 heavy (non-hydrogen) atoms. The molecule has 0 heterocycles. The number of methoxy groups -OCH3 is 1. The second-order valence-electron chi connectivity index (χ2n) is 6.76. The van der Waals surface area contributed by atoms with Gasteiger partial charge in [-0.1, -0.05) is 18.2 Å². The van der Waals surface area contributed by atoms with Gasteiger partial charge in [-0.05, 0) is 55.5 Å². The highest BCUT2D eigenvalue weighted by Gasteiger charge is 2.09. The van der Waals surface area contributed by atoms with E-state index < -0.39 is 0 Å². The molecular weight excluding hydrogens is 368 g/mol. The SMILES string of the molecule is COc1ccc(CCNC(=O)CC#N)c(OCCOc2c(C)ccc(C)c2C)c1. The molecule has 154 valence electrons. The van der Waals surface area contributed by atoms with Gasteiger partial charge in [0, 0.05) is 12.6 Å². The fourth-order valence-electron chi connectivity index (χ4n) is 2.92. The maximum absolute atomic E-state index is 11.4. The number of rotatable bonds is 10. The van der Waals surface area contributed by atoms with Crippen molar-refractivity contribution in [3.63, 3.8) is 0 Å². The lowest BCUT2D eigenvalue weighted by molar-refractivity contribution is -0.120. The van der Waals surface area contributed by atoms with Crippen LogP contribution in [0.2, 0.25) is 0 Å². The zero-order valence-corrected chi connectivity index (χ0v) is 17.5. The van der Waals surface area contributed by atoms with Crippen LogP contribution < -0.4 is 19.5 Å². The Labute approximate surface area is 172 Å². The van der Waals surface area contributed by atoms with Crippen LogP contribution in [0.4, 0.5) is 0 Å². The number of hydrogen-bond acceptors (Lipinski definition) is 5. The van der Waals surface area contributed by atoms with E-state index in [1.165, 1.54) is 5.56 Å². The van der Waals surface area contributed by atoms with Crippen molar-refractivity contribution in [2.45, 2.75) is 33.6 Å². The van der Waals surface area contributed by atoms with Crippen molar-refractivity contribution in [1.29, 1.82) is 5.26 Å². The van der Waals surface area contributed by atoms with Crippen molar-refractivity contribution in [2.24, 2.45) is 0 Å². The number of aryl methyl sites for hydroxylation is 2. The number of ether oxygens (including phenoxy) is 3. The van der Waals surface area contributed by atoms with Crippen LogP contribution in [0, 0.1) is 32.1 Å². The van der Waals surface area contributed by atoms with Gasteiger partial charge in [-0.2, -0.15) is 5.26 Å². The second-order valence-corrected chi connectivity index (χ2v) is 6.76. The first-order chi connectivity index (χ1) is 14.0. The average Bonchev–Trinajstić information content (AvgIpc) is 2.71. The van der Waals surface area contributed by atoms with E-state index in [1.54, 1.807) is 7.11 Å². The lowest BCUT2D eigenvalue weighted by atomic mass is 10.1. The van der Waals surface area contributed by atoms with E-state index in [-0.39, 0.29) is 12.3 Å². The summed E-state index contributed by atoms with van der Waals surface area (Å²) in [5, 5.41) is 11.3. The number of benzene rings is 2. The number of carbonyl (C=O) groups excluding carboxylic acids is 1. The molecule has 0 unspecified atom stereocenters. The van der Waals surface area contributed by atoms with E-state index in [1.807, 2.05) is 31.2 Å². The summed E-state index contributed by atoms with van der Waals surface area (Å²) in [5.74, 6) is 2.02. The molecule has 0 spiro atoms. The summed E-state index contributed by atoms with van der Waals surface area (Å²) in [6.45, 7) is 7.38. The van der Waals surface area contributed by atoms with Gasteiger partial charge in [0.1, 0.15) is 36.9 Å². The van der Waals surface area contributed by atoms with Gasteiger partial charge in [0.25, 0.3) is 0 Å². The minimum absolute atomic E-state index is 0.138. The van der Waals surface area contributed by atoms with Crippen LogP contribution in [0.3, 0.4) is 0 Å². The van der Waals surface area contributed by atoms with E-state index in [0.29, 0.717) is 37.7 Å². The van der Waals surface area contributed by atoms with E-state index in [9.17, 15) is 4.79 Å². The molecule has 0 fully saturated rings. The molecule has 2 aromatic carbocycles. The van der Waals surface area contributed by atoms with Gasteiger partial charge in [-0.3, -0.25) is 4.79 Å². The molecule has 2 rings (SSSR count). The Bertz CT molecular complexity index is 887. The number of hydrogen-bond donors (Lipinski definition) is 1. The lowest BCUT2D eigenvalue weighted by Crippen LogP contribution is -2.25. The third-order valence-corrected chi connectivity index (χ3v) is 4.69. The standard InChI is InChI=1S/C23H28N2O4/c1-16-5-6-17(2)23(18(16)3)29-14-13-28-21-15-20(27-4)8-7-19(21)10-12-25-22(26)9-11-24/h5-8,15H,9-10,12-14H2,1-4H3,(H,25,26). The molecule has 0 bridgehead atoms. The third kappa shape index (κ3) is 6.42. The molecule has 6 nitrogen and oxygen atoms in total. The lowest BCUT2D eigenvalue weighted by Gasteiger charge is -2.16. The van der Waals surface area contributed by atoms with Gasteiger partial charge >= 0.3 is 0 Å². The van der Waals surface area contributed by atoms with Gasteiger partial charge in [0.2, 0.25) is 5.91 Å². The van der Waals surface area contributed by atoms with Gasteiger partial charge in [-0.15, -0.1) is 0 Å². The van der Waals surface area contributed by atoms with Crippen molar-refractivity contribution < 1.29 is 19.0 Å².